The number of benzene rings is 2. The van der Waals surface area contributed by atoms with Crippen LogP contribution in [0.2, 0.25) is 5.02 Å². The van der Waals surface area contributed by atoms with Gasteiger partial charge in [-0.15, -0.1) is 0 Å². The first-order chi connectivity index (χ1) is 20.6. The van der Waals surface area contributed by atoms with Gasteiger partial charge in [-0.25, -0.2) is 14.4 Å². The van der Waals surface area contributed by atoms with Crippen molar-refractivity contribution in [2.75, 3.05) is 6.54 Å². The summed E-state index contributed by atoms with van der Waals surface area (Å²) in [4.78, 5) is 49.5. The van der Waals surface area contributed by atoms with Gasteiger partial charge in [-0.2, -0.15) is 5.10 Å². The second-order valence-corrected chi connectivity index (χ2v) is 11.6. The van der Waals surface area contributed by atoms with Gasteiger partial charge in [0, 0.05) is 41.3 Å². The normalized spacial score (nSPS) is 19.7. The van der Waals surface area contributed by atoms with Crippen molar-refractivity contribution in [2.45, 2.75) is 52.2 Å². The average molecular weight is 601 g/mol. The van der Waals surface area contributed by atoms with Crippen LogP contribution in [0.5, 0.6) is 0 Å². The lowest BCUT2D eigenvalue weighted by Crippen LogP contribution is -2.49. The molecular weight excluding hydrogens is 571 g/mol. The fraction of sp³-hybridized carbons (Fsp3) is 0.312. The molecule has 11 heteroatoms. The number of piperidine rings is 1. The molecule has 1 N–H and O–H groups in total. The number of nitrogens with one attached hydrogen (secondary N) is 1. The van der Waals surface area contributed by atoms with Gasteiger partial charge in [-0.1, -0.05) is 35.9 Å². The van der Waals surface area contributed by atoms with Gasteiger partial charge in [0.1, 0.15) is 29.9 Å². The van der Waals surface area contributed by atoms with Crippen LogP contribution < -0.4 is 5.32 Å². The van der Waals surface area contributed by atoms with E-state index < -0.39 is 17.8 Å². The zero-order valence-corrected chi connectivity index (χ0v) is 24.7. The Hall–Kier alpha value is -4.44. The number of halogens is 2. The molecule has 4 aromatic rings. The van der Waals surface area contributed by atoms with Crippen molar-refractivity contribution in [2.24, 2.45) is 5.92 Å². The third-order valence-electron chi connectivity index (χ3n) is 8.28. The molecule has 1 saturated heterocycles. The molecule has 1 aliphatic heterocycles. The Balaban J connectivity index is 1.20. The van der Waals surface area contributed by atoms with Gasteiger partial charge in [-0.05, 0) is 67.5 Å². The highest BCUT2D eigenvalue weighted by Gasteiger charge is 2.56. The van der Waals surface area contributed by atoms with E-state index in [1.54, 1.807) is 55.4 Å². The van der Waals surface area contributed by atoms with Gasteiger partial charge in [0.05, 0.1) is 12.1 Å². The lowest BCUT2D eigenvalue weighted by atomic mass is 10.0. The number of amides is 2. The molecule has 3 atom stereocenters. The van der Waals surface area contributed by atoms with Crippen LogP contribution in [-0.4, -0.2) is 60.9 Å². The standard InChI is InChI=1S/C32H30ClFN6O3/c1-17(23-6-4-5-7-25(23)33)26(34)15-37-32(43)29-12-21-11-28(21)40(29)30(42)16-39-27-9-8-20(22-13-35-19(3)36-14-22)10-24(27)31(38-39)18(2)41/h4-10,13-14,21,28-29H,11-12,15-16H2,1-3H3,(H,37,43)/b26-17-/t21-,28+,29-/m0/s1. The van der Waals surface area contributed by atoms with Gasteiger partial charge in [0.25, 0.3) is 0 Å². The maximum atomic E-state index is 15.0. The Morgan fingerprint density at radius 2 is 1.79 bits per heavy atom. The molecule has 0 unspecified atom stereocenters. The second kappa shape index (κ2) is 11.3. The molecule has 1 aliphatic carbocycles. The number of hydrogen-bond donors (Lipinski definition) is 1. The first kappa shape index (κ1) is 28.7. The van der Waals surface area contributed by atoms with Crippen LogP contribution in [0.3, 0.4) is 0 Å². The SMILES string of the molecule is CC(=O)c1nn(CC(=O)N2[C@@H]3C[C@H]3C[C@H]2C(=O)NC/C(F)=C(\C)c2ccccc2Cl)c2ccc(-c3cnc(C)nc3)cc12. The van der Waals surface area contributed by atoms with Crippen molar-refractivity contribution in [1.82, 2.24) is 30.0 Å². The summed E-state index contributed by atoms with van der Waals surface area (Å²) in [7, 11) is 0. The molecule has 2 amide bonds. The number of allylic oxidation sites excluding steroid dienone is 1. The summed E-state index contributed by atoms with van der Waals surface area (Å²) in [6.45, 7) is 4.42. The quantitative estimate of drug-likeness (QED) is 0.280. The molecule has 0 spiro atoms. The van der Waals surface area contributed by atoms with Gasteiger partial charge in [0.15, 0.2) is 5.78 Å². The molecule has 2 aromatic heterocycles. The van der Waals surface area contributed by atoms with Crippen LogP contribution in [-0.2, 0) is 16.1 Å². The van der Waals surface area contributed by atoms with E-state index in [-0.39, 0.29) is 42.4 Å². The van der Waals surface area contributed by atoms with Crippen LogP contribution in [0.15, 0.2) is 60.7 Å². The predicted octanol–water partition coefficient (Wildman–Crippen LogP) is 5.16. The zero-order valence-electron chi connectivity index (χ0n) is 24.0. The number of ketones is 1. The highest BCUT2D eigenvalue weighted by molar-refractivity contribution is 6.32. The number of carbonyl (C=O) groups excluding carboxylic acids is 3. The number of carbonyl (C=O) groups is 3. The topological polar surface area (TPSA) is 110 Å². The molecule has 3 heterocycles. The van der Waals surface area contributed by atoms with Gasteiger partial charge in [-0.3, -0.25) is 19.1 Å². The summed E-state index contributed by atoms with van der Waals surface area (Å²) in [5.41, 5.74) is 3.41. The Morgan fingerprint density at radius 1 is 1.05 bits per heavy atom. The molecule has 2 aliphatic rings. The van der Waals surface area contributed by atoms with Crippen LogP contribution in [0.4, 0.5) is 4.39 Å². The van der Waals surface area contributed by atoms with Crippen molar-refractivity contribution in [3.8, 4) is 11.1 Å². The van der Waals surface area contributed by atoms with Crippen LogP contribution in [0.1, 0.15) is 48.6 Å². The van der Waals surface area contributed by atoms with E-state index >= 15 is 0 Å². The molecular formula is C32H30ClFN6O3. The third kappa shape index (κ3) is 5.54. The minimum atomic E-state index is -0.702. The van der Waals surface area contributed by atoms with E-state index in [0.29, 0.717) is 39.3 Å². The summed E-state index contributed by atoms with van der Waals surface area (Å²) in [6, 6.07) is 11.7. The van der Waals surface area contributed by atoms with E-state index in [1.165, 1.54) is 11.6 Å². The Bertz CT molecular complexity index is 1800. The van der Waals surface area contributed by atoms with Crippen LogP contribution in [0, 0.1) is 12.8 Å². The summed E-state index contributed by atoms with van der Waals surface area (Å²) in [5, 5.41) is 8.21. The largest absolute Gasteiger partial charge is 0.348 e. The van der Waals surface area contributed by atoms with Crippen molar-refractivity contribution in [3.63, 3.8) is 0 Å². The molecule has 9 nitrogen and oxygen atoms in total. The zero-order chi connectivity index (χ0) is 30.4. The number of nitrogens with zero attached hydrogens (tertiary/aromatic N) is 5. The van der Waals surface area contributed by atoms with Crippen molar-refractivity contribution >= 4 is 45.7 Å². The Morgan fingerprint density at radius 3 is 2.51 bits per heavy atom. The number of hydrogen-bond acceptors (Lipinski definition) is 6. The second-order valence-electron chi connectivity index (χ2n) is 11.2. The maximum Gasteiger partial charge on any atom is 0.245 e. The van der Waals surface area contributed by atoms with Gasteiger partial charge in [0.2, 0.25) is 11.8 Å². The van der Waals surface area contributed by atoms with Crippen LogP contribution in [0.25, 0.3) is 27.6 Å². The average Bonchev–Trinajstić information content (AvgIpc) is 3.50. The van der Waals surface area contributed by atoms with E-state index in [2.05, 4.69) is 20.4 Å². The smallest absolute Gasteiger partial charge is 0.245 e. The highest BCUT2D eigenvalue weighted by Crippen LogP contribution is 2.48. The fourth-order valence-electron chi connectivity index (χ4n) is 5.87. The highest BCUT2D eigenvalue weighted by atomic mass is 35.5. The van der Waals surface area contributed by atoms with Crippen molar-refractivity contribution in [1.29, 1.82) is 0 Å². The molecule has 1 saturated carbocycles. The molecule has 220 valence electrons. The maximum absolute atomic E-state index is 15.0. The third-order valence-corrected chi connectivity index (χ3v) is 8.61. The Kier molecular flexibility index (Phi) is 7.56. The number of aromatic nitrogens is 4. The number of likely N-dealkylation sites (tertiary alicyclic amines) is 1. The van der Waals surface area contributed by atoms with Gasteiger partial charge >= 0.3 is 0 Å². The molecule has 0 radical (unpaired) electrons. The predicted molar refractivity (Wildman–Crippen MR) is 161 cm³/mol. The number of rotatable bonds is 8. The number of aryl methyl sites for hydroxylation is 1. The van der Waals surface area contributed by atoms with E-state index in [9.17, 15) is 18.8 Å². The van der Waals surface area contributed by atoms with Crippen molar-refractivity contribution in [3.05, 3.63) is 82.8 Å². The molecule has 6 rings (SSSR count). The number of Topliss-reactive ketones (excluding diaryl/α,β-unsaturated/α-hetero) is 1. The van der Waals surface area contributed by atoms with Gasteiger partial charge < -0.3 is 10.2 Å². The minimum absolute atomic E-state index is 0.0317. The van der Waals surface area contributed by atoms with E-state index in [0.717, 1.165) is 17.5 Å². The summed E-state index contributed by atoms with van der Waals surface area (Å²) in [5.74, 6) is -0.506. The number of fused-ring (bicyclic) bond motifs is 2. The summed E-state index contributed by atoms with van der Waals surface area (Å²) >= 11 is 6.20. The minimum Gasteiger partial charge on any atom is -0.348 e. The molecule has 0 bridgehead atoms. The molecule has 43 heavy (non-hydrogen) atoms. The van der Waals surface area contributed by atoms with E-state index in [4.69, 9.17) is 11.6 Å². The molecule has 2 aromatic carbocycles. The lowest BCUT2D eigenvalue weighted by Gasteiger charge is -2.27. The first-order valence-electron chi connectivity index (χ1n) is 14.1. The summed E-state index contributed by atoms with van der Waals surface area (Å²) < 4.78 is 16.5. The monoisotopic (exact) mass is 600 g/mol. The Labute approximate surface area is 252 Å². The molecule has 2 fully saturated rings. The van der Waals surface area contributed by atoms with Crippen molar-refractivity contribution < 1.29 is 18.8 Å². The summed E-state index contributed by atoms with van der Waals surface area (Å²) in [6.07, 6.45) is 4.79. The lowest BCUT2D eigenvalue weighted by molar-refractivity contribution is -0.140. The fourth-order valence-corrected chi connectivity index (χ4v) is 6.14. The van der Waals surface area contributed by atoms with Crippen LogP contribution >= 0.6 is 11.6 Å². The first-order valence-corrected chi connectivity index (χ1v) is 14.5. The van der Waals surface area contributed by atoms with E-state index in [1.807, 2.05) is 18.2 Å².